The zero-order chi connectivity index (χ0) is 14.0. The predicted molar refractivity (Wildman–Crippen MR) is 59.1 cm³/mol. The Hall–Kier alpha value is -1.35. The van der Waals surface area contributed by atoms with E-state index in [9.17, 15) is 21.6 Å². The van der Waals surface area contributed by atoms with Crippen molar-refractivity contribution in [2.24, 2.45) is 0 Å². The minimum Gasteiger partial charge on any atom is -0.396 e. The van der Waals surface area contributed by atoms with Crippen molar-refractivity contribution in [3.8, 4) is 0 Å². The van der Waals surface area contributed by atoms with Gasteiger partial charge in [0.25, 0.3) is 10.0 Å². The Balaban J connectivity index is 2.91. The lowest BCUT2D eigenvalue weighted by Gasteiger charge is -2.18. The molecule has 5 nitrogen and oxygen atoms in total. The van der Waals surface area contributed by atoms with E-state index < -0.39 is 34.2 Å². The molecule has 18 heavy (non-hydrogen) atoms. The first-order valence-electron chi connectivity index (χ1n) is 4.88. The molecule has 0 aromatic carbocycles. The molecular weight excluding hydrogens is 271 g/mol. The van der Waals surface area contributed by atoms with Crippen LogP contribution in [0.4, 0.5) is 18.9 Å². The van der Waals surface area contributed by atoms with Crippen LogP contribution in [0.25, 0.3) is 0 Å². The van der Waals surface area contributed by atoms with Crippen LogP contribution in [0.15, 0.2) is 23.4 Å². The van der Waals surface area contributed by atoms with E-state index in [0.29, 0.717) is 4.31 Å². The molecule has 1 heterocycles. The first-order valence-corrected chi connectivity index (χ1v) is 6.32. The van der Waals surface area contributed by atoms with Crippen LogP contribution < -0.4 is 5.73 Å². The van der Waals surface area contributed by atoms with Gasteiger partial charge in [-0.05, 0) is 12.1 Å². The summed E-state index contributed by atoms with van der Waals surface area (Å²) in [4.78, 5) is 3.58. The SMILES string of the molecule is CN(CCC(F)(F)F)S(=O)(=O)c1ncccc1N. The maximum absolute atomic E-state index is 12.0. The molecule has 1 aromatic rings. The molecule has 0 aliphatic heterocycles. The molecule has 0 radical (unpaired) electrons. The molecule has 0 fully saturated rings. The molecule has 0 saturated heterocycles. The highest BCUT2D eigenvalue weighted by molar-refractivity contribution is 7.89. The van der Waals surface area contributed by atoms with Gasteiger partial charge in [-0.2, -0.15) is 17.5 Å². The standard InChI is InChI=1S/C9H12F3N3O2S/c1-15(6-4-9(10,11)12)18(16,17)8-7(13)3-2-5-14-8/h2-3,5H,4,6,13H2,1H3. The van der Waals surface area contributed by atoms with Crippen LogP contribution in [0, 0.1) is 0 Å². The van der Waals surface area contributed by atoms with E-state index in [2.05, 4.69) is 4.98 Å². The van der Waals surface area contributed by atoms with Gasteiger partial charge in [0.15, 0.2) is 5.03 Å². The van der Waals surface area contributed by atoms with E-state index >= 15 is 0 Å². The van der Waals surface area contributed by atoms with Crippen molar-refractivity contribution in [3.05, 3.63) is 18.3 Å². The van der Waals surface area contributed by atoms with Crippen LogP contribution in [-0.4, -0.2) is 37.5 Å². The predicted octanol–water partition coefficient (Wildman–Crippen LogP) is 1.24. The normalized spacial score (nSPS) is 12.9. The number of halogens is 3. The molecule has 0 aliphatic carbocycles. The first-order chi connectivity index (χ1) is 8.14. The summed E-state index contributed by atoms with van der Waals surface area (Å²) in [5.41, 5.74) is 5.34. The number of rotatable bonds is 4. The van der Waals surface area contributed by atoms with Crippen LogP contribution in [0.2, 0.25) is 0 Å². The maximum atomic E-state index is 12.0. The van der Waals surface area contributed by atoms with Gasteiger partial charge in [-0.25, -0.2) is 13.4 Å². The second-order valence-corrected chi connectivity index (χ2v) is 5.55. The smallest absolute Gasteiger partial charge is 0.390 e. The van der Waals surface area contributed by atoms with E-state index in [1.165, 1.54) is 18.3 Å². The summed E-state index contributed by atoms with van der Waals surface area (Å²) >= 11 is 0. The Morgan fingerprint density at radius 2 is 2.06 bits per heavy atom. The van der Waals surface area contributed by atoms with Crippen LogP contribution in [-0.2, 0) is 10.0 Å². The van der Waals surface area contributed by atoms with E-state index in [1.807, 2.05) is 0 Å². The van der Waals surface area contributed by atoms with Crippen molar-refractivity contribution >= 4 is 15.7 Å². The molecule has 9 heteroatoms. The van der Waals surface area contributed by atoms with Crippen LogP contribution in [0.1, 0.15) is 6.42 Å². The lowest BCUT2D eigenvalue weighted by Crippen LogP contribution is -2.31. The highest BCUT2D eigenvalue weighted by Crippen LogP contribution is 2.23. The van der Waals surface area contributed by atoms with Crippen molar-refractivity contribution in [2.75, 3.05) is 19.3 Å². The Bertz CT molecular complexity index is 516. The molecule has 1 rings (SSSR count). The van der Waals surface area contributed by atoms with Crippen LogP contribution >= 0.6 is 0 Å². The molecule has 0 atom stereocenters. The Morgan fingerprint density at radius 3 is 2.56 bits per heavy atom. The molecule has 0 amide bonds. The van der Waals surface area contributed by atoms with Crippen molar-refractivity contribution in [3.63, 3.8) is 0 Å². The molecule has 0 unspecified atom stereocenters. The van der Waals surface area contributed by atoms with Gasteiger partial charge in [-0.1, -0.05) is 0 Å². The number of aromatic nitrogens is 1. The number of hydrogen-bond acceptors (Lipinski definition) is 4. The van der Waals surface area contributed by atoms with Crippen LogP contribution in [0.5, 0.6) is 0 Å². The second kappa shape index (κ2) is 5.11. The molecule has 102 valence electrons. The number of nitrogens with zero attached hydrogens (tertiary/aromatic N) is 2. The number of hydrogen-bond donors (Lipinski definition) is 1. The topological polar surface area (TPSA) is 76.3 Å². The number of anilines is 1. The van der Waals surface area contributed by atoms with E-state index in [4.69, 9.17) is 5.73 Å². The lowest BCUT2D eigenvalue weighted by molar-refractivity contribution is -0.135. The molecule has 0 bridgehead atoms. The van der Waals surface area contributed by atoms with Crippen molar-refractivity contribution < 1.29 is 21.6 Å². The van der Waals surface area contributed by atoms with Gasteiger partial charge in [0.1, 0.15) is 0 Å². The third-order valence-electron chi connectivity index (χ3n) is 2.17. The summed E-state index contributed by atoms with van der Waals surface area (Å²) in [7, 11) is -3.04. The van der Waals surface area contributed by atoms with Gasteiger partial charge in [-0.3, -0.25) is 0 Å². The summed E-state index contributed by atoms with van der Waals surface area (Å²) in [5, 5.41) is -0.435. The minimum atomic E-state index is -4.42. The number of nitrogen functional groups attached to an aromatic ring is 1. The van der Waals surface area contributed by atoms with Crippen molar-refractivity contribution in [2.45, 2.75) is 17.6 Å². The lowest BCUT2D eigenvalue weighted by atomic mass is 10.4. The third-order valence-corrected chi connectivity index (χ3v) is 4.00. The zero-order valence-corrected chi connectivity index (χ0v) is 10.3. The highest BCUT2D eigenvalue weighted by Gasteiger charge is 2.31. The fraction of sp³-hybridized carbons (Fsp3) is 0.444. The maximum Gasteiger partial charge on any atom is 0.390 e. The van der Waals surface area contributed by atoms with Crippen molar-refractivity contribution in [1.29, 1.82) is 0 Å². The number of sulfonamides is 1. The molecule has 2 N–H and O–H groups in total. The number of alkyl halides is 3. The van der Waals surface area contributed by atoms with Gasteiger partial charge in [0.2, 0.25) is 0 Å². The quantitative estimate of drug-likeness (QED) is 0.902. The minimum absolute atomic E-state index is 0.101. The fourth-order valence-electron chi connectivity index (χ4n) is 1.17. The van der Waals surface area contributed by atoms with Gasteiger partial charge in [0, 0.05) is 19.8 Å². The first kappa shape index (κ1) is 14.7. The molecule has 1 aromatic heterocycles. The average molecular weight is 283 g/mol. The highest BCUT2D eigenvalue weighted by atomic mass is 32.2. The Morgan fingerprint density at radius 1 is 1.44 bits per heavy atom. The van der Waals surface area contributed by atoms with Gasteiger partial charge < -0.3 is 5.73 Å². The second-order valence-electron chi connectivity index (χ2n) is 3.59. The summed E-state index contributed by atoms with van der Waals surface area (Å²) < 4.78 is 60.4. The molecule has 0 saturated carbocycles. The molecule has 0 spiro atoms. The Kier molecular flexibility index (Phi) is 4.17. The third kappa shape index (κ3) is 3.57. The van der Waals surface area contributed by atoms with E-state index in [-0.39, 0.29) is 5.69 Å². The van der Waals surface area contributed by atoms with Crippen molar-refractivity contribution in [1.82, 2.24) is 9.29 Å². The Labute approximate surface area is 102 Å². The number of pyridine rings is 1. The van der Waals surface area contributed by atoms with Gasteiger partial charge >= 0.3 is 6.18 Å². The zero-order valence-electron chi connectivity index (χ0n) is 9.48. The summed E-state index contributed by atoms with van der Waals surface area (Å²) in [6.45, 7) is -0.679. The summed E-state index contributed by atoms with van der Waals surface area (Å²) in [5.74, 6) is 0. The molecular formula is C9H12F3N3O2S. The van der Waals surface area contributed by atoms with Gasteiger partial charge in [-0.15, -0.1) is 0 Å². The number of nitrogens with two attached hydrogens (primary N) is 1. The largest absolute Gasteiger partial charge is 0.396 e. The fourth-order valence-corrected chi connectivity index (χ4v) is 2.36. The average Bonchev–Trinajstić information content (AvgIpc) is 2.25. The monoisotopic (exact) mass is 283 g/mol. The van der Waals surface area contributed by atoms with E-state index in [1.54, 1.807) is 0 Å². The summed E-state index contributed by atoms with van der Waals surface area (Å²) in [6.07, 6.45) is -4.43. The summed E-state index contributed by atoms with van der Waals surface area (Å²) in [6, 6.07) is 2.75. The van der Waals surface area contributed by atoms with E-state index in [0.717, 1.165) is 7.05 Å². The molecule has 0 aliphatic rings. The van der Waals surface area contributed by atoms with Crippen LogP contribution in [0.3, 0.4) is 0 Å². The van der Waals surface area contributed by atoms with Gasteiger partial charge in [0.05, 0.1) is 12.1 Å².